The second-order valence-corrected chi connectivity index (χ2v) is 10.1. The monoisotopic (exact) mass is 455 g/mol. The van der Waals surface area contributed by atoms with Gasteiger partial charge in [-0.05, 0) is 55.8 Å². The number of nitrogens with zero attached hydrogens (tertiary/aromatic N) is 2. The van der Waals surface area contributed by atoms with Crippen molar-refractivity contribution in [1.29, 1.82) is 0 Å². The summed E-state index contributed by atoms with van der Waals surface area (Å²) in [5.74, 6) is 0.534. The van der Waals surface area contributed by atoms with Crippen molar-refractivity contribution in [2.75, 3.05) is 14.1 Å². The predicted molar refractivity (Wildman–Crippen MR) is 126 cm³/mol. The van der Waals surface area contributed by atoms with Crippen molar-refractivity contribution in [3.63, 3.8) is 0 Å². The Labute approximate surface area is 189 Å². The molecule has 1 amide bonds. The molecule has 170 valence electrons. The molecule has 7 nitrogen and oxygen atoms in total. The number of benzene rings is 2. The second-order valence-electron chi connectivity index (χ2n) is 7.93. The van der Waals surface area contributed by atoms with E-state index in [2.05, 4.69) is 11.9 Å². The van der Waals surface area contributed by atoms with Crippen LogP contribution in [0.25, 0.3) is 10.9 Å². The lowest BCUT2D eigenvalue weighted by Crippen LogP contribution is -2.25. The molecule has 0 spiro atoms. The SMILES string of the molecule is C=CCn1c(C(=O)NCc2ccc(OC(C)C)cc2)cc2cc(S(=O)(=O)N(C)C)ccc21. The number of fused-ring (bicyclic) bond motifs is 1. The fourth-order valence-corrected chi connectivity index (χ4v) is 4.30. The average molecular weight is 456 g/mol. The van der Waals surface area contributed by atoms with E-state index in [0.717, 1.165) is 16.8 Å². The first-order chi connectivity index (χ1) is 15.1. The molecule has 1 N–H and O–H groups in total. The van der Waals surface area contributed by atoms with Gasteiger partial charge in [-0.15, -0.1) is 6.58 Å². The first-order valence-corrected chi connectivity index (χ1v) is 11.8. The van der Waals surface area contributed by atoms with Gasteiger partial charge in [0.15, 0.2) is 0 Å². The highest BCUT2D eigenvalue weighted by Gasteiger charge is 2.20. The number of carbonyl (C=O) groups is 1. The van der Waals surface area contributed by atoms with Gasteiger partial charge >= 0.3 is 0 Å². The van der Waals surface area contributed by atoms with Gasteiger partial charge in [0.05, 0.1) is 11.0 Å². The molecule has 32 heavy (non-hydrogen) atoms. The Morgan fingerprint density at radius 3 is 2.44 bits per heavy atom. The molecular formula is C24H29N3O4S. The third kappa shape index (κ3) is 5.03. The average Bonchev–Trinajstić information content (AvgIpc) is 3.10. The van der Waals surface area contributed by atoms with E-state index in [1.807, 2.05) is 42.7 Å². The summed E-state index contributed by atoms with van der Waals surface area (Å²) in [5.41, 5.74) is 2.15. The predicted octanol–water partition coefficient (Wildman–Crippen LogP) is 3.79. The van der Waals surface area contributed by atoms with E-state index < -0.39 is 10.0 Å². The summed E-state index contributed by atoms with van der Waals surface area (Å²) < 4.78 is 33.6. The van der Waals surface area contributed by atoms with Crippen LogP contribution in [0.1, 0.15) is 29.9 Å². The highest BCUT2D eigenvalue weighted by atomic mass is 32.2. The molecule has 3 aromatic rings. The van der Waals surface area contributed by atoms with Crippen molar-refractivity contribution in [2.45, 2.75) is 37.9 Å². The van der Waals surface area contributed by atoms with E-state index in [9.17, 15) is 13.2 Å². The molecule has 0 saturated carbocycles. The summed E-state index contributed by atoms with van der Waals surface area (Å²) in [6.07, 6.45) is 1.80. The molecule has 0 fully saturated rings. The number of hydrogen-bond acceptors (Lipinski definition) is 4. The Kier molecular flexibility index (Phi) is 7.06. The lowest BCUT2D eigenvalue weighted by Gasteiger charge is -2.12. The molecule has 0 bridgehead atoms. The standard InChI is InChI=1S/C24H29N3O4S/c1-6-13-27-22-12-11-21(32(29,30)26(4)5)14-19(22)15-23(27)24(28)25-16-18-7-9-20(10-8-18)31-17(2)3/h6-12,14-15,17H,1,13,16H2,2-5H3,(H,25,28). The number of rotatable bonds is 9. The van der Waals surface area contributed by atoms with Crippen LogP contribution in [0.3, 0.4) is 0 Å². The molecule has 0 aliphatic heterocycles. The van der Waals surface area contributed by atoms with Crippen molar-refractivity contribution >= 4 is 26.8 Å². The Bertz CT molecular complexity index is 1230. The smallest absolute Gasteiger partial charge is 0.268 e. The van der Waals surface area contributed by atoms with Crippen LogP contribution in [0.2, 0.25) is 0 Å². The van der Waals surface area contributed by atoms with Crippen LogP contribution in [-0.4, -0.2) is 43.4 Å². The third-order valence-corrected chi connectivity index (χ3v) is 6.75. The van der Waals surface area contributed by atoms with Gasteiger partial charge in [-0.2, -0.15) is 0 Å². The molecule has 0 unspecified atom stereocenters. The third-order valence-electron chi connectivity index (χ3n) is 4.94. The van der Waals surface area contributed by atoms with Gasteiger partial charge in [-0.25, -0.2) is 12.7 Å². The van der Waals surface area contributed by atoms with Gasteiger partial charge in [0, 0.05) is 38.1 Å². The minimum atomic E-state index is -3.57. The van der Waals surface area contributed by atoms with Crippen molar-refractivity contribution < 1.29 is 17.9 Å². The second kappa shape index (κ2) is 9.58. The molecule has 0 aliphatic rings. The van der Waals surface area contributed by atoms with Crippen LogP contribution < -0.4 is 10.1 Å². The van der Waals surface area contributed by atoms with Gasteiger partial charge in [-0.3, -0.25) is 4.79 Å². The van der Waals surface area contributed by atoms with Gasteiger partial charge in [0.1, 0.15) is 11.4 Å². The fourth-order valence-electron chi connectivity index (χ4n) is 3.37. The van der Waals surface area contributed by atoms with Crippen LogP contribution in [0.15, 0.2) is 66.1 Å². The molecule has 8 heteroatoms. The van der Waals surface area contributed by atoms with E-state index in [-0.39, 0.29) is 16.9 Å². The highest BCUT2D eigenvalue weighted by molar-refractivity contribution is 7.89. The Morgan fingerprint density at radius 1 is 1.16 bits per heavy atom. The number of aromatic nitrogens is 1. The number of ether oxygens (including phenoxy) is 1. The minimum Gasteiger partial charge on any atom is -0.491 e. The first kappa shape index (κ1) is 23.6. The summed E-state index contributed by atoms with van der Waals surface area (Å²) in [7, 11) is -0.591. The van der Waals surface area contributed by atoms with Gasteiger partial charge in [-0.1, -0.05) is 18.2 Å². The molecule has 0 atom stereocenters. The van der Waals surface area contributed by atoms with Crippen molar-refractivity contribution in [2.24, 2.45) is 0 Å². The number of allylic oxidation sites excluding steroid dienone is 1. The normalized spacial score (nSPS) is 11.8. The van der Waals surface area contributed by atoms with E-state index in [1.54, 1.807) is 30.3 Å². The van der Waals surface area contributed by atoms with Crippen LogP contribution in [-0.2, 0) is 23.1 Å². The lowest BCUT2D eigenvalue weighted by molar-refractivity contribution is 0.0942. The van der Waals surface area contributed by atoms with Crippen LogP contribution in [0.5, 0.6) is 5.75 Å². The topological polar surface area (TPSA) is 80.6 Å². The number of hydrogen-bond donors (Lipinski definition) is 1. The molecule has 3 rings (SSSR count). The van der Waals surface area contributed by atoms with Crippen molar-refractivity contribution in [3.05, 3.63) is 72.4 Å². The van der Waals surface area contributed by atoms with Crippen LogP contribution in [0.4, 0.5) is 0 Å². The highest BCUT2D eigenvalue weighted by Crippen LogP contribution is 2.25. The van der Waals surface area contributed by atoms with E-state index in [0.29, 0.717) is 24.2 Å². The molecule has 0 aliphatic carbocycles. The van der Waals surface area contributed by atoms with E-state index in [1.165, 1.54) is 18.4 Å². The Morgan fingerprint density at radius 2 is 1.84 bits per heavy atom. The summed E-state index contributed by atoms with van der Waals surface area (Å²) >= 11 is 0. The molecule has 1 heterocycles. The number of sulfonamides is 1. The van der Waals surface area contributed by atoms with Crippen molar-refractivity contribution in [3.8, 4) is 5.75 Å². The number of carbonyl (C=O) groups excluding carboxylic acids is 1. The number of nitrogens with one attached hydrogen (secondary N) is 1. The summed E-state index contributed by atoms with van der Waals surface area (Å²) in [6.45, 7) is 8.49. The largest absolute Gasteiger partial charge is 0.491 e. The lowest BCUT2D eigenvalue weighted by atomic mass is 10.2. The maximum atomic E-state index is 13.0. The first-order valence-electron chi connectivity index (χ1n) is 10.3. The minimum absolute atomic E-state index is 0.0977. The van der Waals surface area contributed by atoms with Gasteiger partial charge in [0.25, 0.3) is 5.91 Å². The number of amides is 1. The quantitative estimate of drug-likeness (QED) is 0.498. The molecule has 1 aromatic heterocycles. The van der Waals surface area contributed by atoms with Crippen LogP contribution >= 0.6 is 0 Å². The van der Waals surface area contributed by atoms with E-state index in [4.69, 9.17) is 4.74 Å². The zero-order valence-electron chi connectivity index (χ0n) is 18.8. The van der Waals surface area contributed by atoms with Crippen molar-refractivity contribution in [1.82, 2.24) is 14.2 Å². The maximum Gasteiger partial charge on any atom is 0.268 e. The van der Waals surface area contributed by atoms with E-state index >= 15 is 0 Å². The Hall–Kier alpha value is -3.10. The summed E-state index contributed by atoms with van der Waals surface area (Å²) in [4.78, 5) is 13.2. The molecule has 2 aromatic carbocycles. The van der Waals surface area contributed by atoms with Crippen LogP contribution in [0, 0.1) is 0 Å². The zero-order valence-corrected chi connectivity index (χ0v) is 19.6. The van der Waals surface area contributed by atoms with Gasteiger partial charge < -0.3 is 14.6 Å². The van der Waals surface area contributed by atoms with Gasteiger partial charge in [0.2, 0.25) is 10.0 Å². The maximum absolute atomic E-state index is 13.0. The molecule has 0 saturated heterocycles. The molecule has 0 radical (unpaired) electrons. The zero-order chi connectivity index (χ0) is 23.5. The summed E-state index contributed by atoms with van der Waals surface area (Å²) in [6, 6.07) is 14.2. The molecular weight excluding hydrogens is 426 g/mol. The fraction of sp³-hybridized carbons (Fsp3) is 0.292. The summed E-state index contributed by atoms with van der Waals surface area (Å²) in [5, 5.41) is 3.61. The Balaban J connectivity index is 1.85.